The monoisotopic (exact) mass is 368 g/mol. The van der Waals surface area contributed by atoms with E-state index in [1.54, 1.807) is 0 Å². The summed E-state index contributed by atoms with van der Waals surface area (Å²) >= 11 is 4.02. The third-order valence-corrected chi connectivity index (χ3v) is 3.96. The molecule has 138 valence electrons. The average molecular weight is 368 g/mol. The lowest BCUT2D eigenvalue weighted by Gasteiger charge is -2.24. The van der Waals surface area contributed by atoms with Gasteiger partial charge in [-0.25, -0.2) is 5.43 Å². The van der Waals surface area contributed by atoms with E-state index < -0.39 is 36.0 Å². The Morgan fingerprint density at radius 3 is 2.28 bits per heavy atom. The molecule has 0 spiro atoms. The molecule has 8 nitrogen and oxygen atoms in total. The molecule has 25 heavy (non-hydrogen) atoms. The van der Waals surface area contributed by atoms with Crippen molar-refractivity contribution in [3.8, 4) is 0 Å². The molecule has 1 aromatic rings. The molecule has 4 atom stereocenters. The maximum absolute atomic E-state index is 12.5. The standard InChI is InChI=1S/C16H24N4O4S/c1-10(22)13(8-21)19-15(23)12(7-11-5-3-2-4-6-11)18-16(24)14(9-25)20-17/h2-6,8,10,12-14,20,22,25H,7,9,17H2,1H3,(H,18,24)(H,19,23)/t10-,12+,13-,14+/m1/s1. The number of nitrogens with two attached hydrogens (primary N) is 1. The fraction of sp³-hybridized carbons (Fsp3) is 0.438. The molecule has 1 aromatic carbocycles. The molecule has 0 aliphatic rings. The molecule has 0 unspecified atom stereocenters. The quantitative estimate of drug-likeness (QED) is 0.129. The third-order valence-electron chi connectivity index (χ3n) is 3.59. The predicted octanol–water partition coefficient (Wildman–Crippen LogP) is -1.46. The number of aldehydes is 1. The van der Waals surface area contributed by atoms with Crippen LogP contribution in [0.5, 0.6) is 0 Å². The van der Waals surface area contributed by atoms with Crippen LogP contribution in [0.1, 0.15) is 12.5 Å². The highest BCUT2D eigenvalue weighted by molar-refractivity contribution is 7.80. The molecule has 1 rings (SSSR count). The summed E-state index contributed by atoms with van der Waals surface area (Å²) in [6.45, 7) is 1.39. The number of aliphatic hydroxyl groups is 1. The van der Waals surface area contributed by atoms with Crippen molar-refractivity contribution in [2.24, 2.45) is 5.84 Å². The Labute approximate surface area is 151 Å². The number of hydrogen-bond donors (Lipinski definition) is 6. The maximum atomic E-state index is 12.5. The minimum absolute atomic E-state index is 0.145. The van der Waals surface area contributed by atoms with E-state index in [1.807, 2.05) is 30.3 Å². The Morgan fingerprint density at radius 2 is 1.80 bits per heavy atom. The Kier molecular flexibility index (Phi) is 9.14. The number of hydrazine groups is 1. The summed E-state index contributed by atoms with van der Waals surface area (Å²) in [5.41, 5.74) is 3.14. The van der Waals surface area contributed by atoms with Crippen molar-refractivity contribution in [2.45, 2.75) is 37.6 Å². The topological polar surface area (TPSA) is 134 Å². The summed E-state index contributed by atoms with van der Waals surface area (Å²) in [5, 5.41) is 14.5. The summed E-state index contributed by atoms with van der Waals surface area (Å²) in [4.78, 5) is 35.7. The molecule has 0 saturated carbocycles. The molecule has 0 aromatic heterocycles. The molecule has 0 fully saturated rings. The van der Waals surface area contributed by atoms with Crippen LogP contribution in [0.3, 0.4) is 0 Å². The summed E-state index contributed by atoms with van der Waals surface area (Å²) in [7, 11) is 0. The minimum atomic E-state index is -1.06. The number of carbonyl (C=O) groups excluding carboxylic acids is 3. The highest BCUT2D eigenvalue weighted by atomic mass is 32.1. The second kappa shape index (κ2) is 10.8. The van der Waals surface area contributed by atoms with Gasteiger partial charge in [0.25, 0.3) is 0 Å². The number of amides is 2. The van der Waals surface area contributed by atoms with Gasteiger partial charge in [-0.1, -0.05) is 30.3 Å². The number of thiol groups is 1. The third kappa shape index (κ3) is 6.83. The zero-order valence-corrected chi connectivity index (χ0v) is 14.8. The number of rotatable bonds is 10. The molecular formula is C16H24N4O4S. The molecule has 0 heterocycles. The van der Waals surface area contributed by atoms with Crippen LogP contribution in [0.2, 0.25) is 0 Å². The van der Waals surface area contributed by atoms with Crippen LogP contribution in [0.25, 0.3) is 0 Å². The second-order valence-corrected chi connectivity index (χ2v) is 5.93. The fourth-order valence-electron chi connectivity index (χ4n) is 2.08. The molecule has 0 aliphatic heterocycles. The number of benzene rings is 1. The zero-order chi connectivity index (χ0) is 18.8. The summed E-state index contributed by atoms with van der Waals surface area (Å²) < 4.78 is 0. The molecule has 6 N–H and O–H groups in total. The van der Waals surface area contributed by atoms with Crippen LogP contribution in [-0.4, -0.2) is 53.2 Å². The van der Waals surface area contributed by atoms with E-state index in [1.165, 1.54) is 6.92 Å². The van der Waals surface area contributed by atoms with Gasteiger partial charge in [-0.3, -0.25) is 15.4 Å². The van der Waals surface area contributed by atoms with E-state index in [9.17, 15) is 19.5 Å². The van der Waals surface area contributed by atoms with Crippen molar-refractivity contribution in [3.05, 3.63) is 35.9 Å². The van der Waals surface area contributed by atoms with Crippen molar-refractivity contribution in [3.63, 3.8) is 0 Å². The van der Waals surface area contributed by atoms with Gasteiger partial charge in [0.05, 0.1) is 6.10 Å². The first-order valence-electron chi connectivity index (χ1n) is 7.78. The fourth-order valence-corrected chi connectivity index (χ4v) is 2.35. The number of carbonyl (C=O) groups is 3. The molecule has 0 saturated heterocycles. The molecule has 2 amide bonds. The lowest BCUT2D eigenvalue weighted by Crippen LogP contribution is -2.57. The molecular weight excluding hydrogens is 344 g/mol. The Bertz CT molecular complexity index is 567. The molecule has 0 bridgehead atoms. The molecule has 0 radical (unpaired) electrons. The zero-order valence-electron chi connectivity index (χ0n) is 13.9. The van der Waals surface area contributed by atoms with E-state index in [2.05, 4.69) is 28.7 Å². The van der Waals surface area contributed by atoms with Gasteiger partial charge in [0, 0.05) is 12.2 Å². The van der Waals surface area contributed by atoms with Crippen LogP contribution in [0.15, 0.2) is 30.3 Å². The highest BCUT2D eigenvalue weighted by Crippen LogP contribution is 2.05. The lowest BCUT2D eigenvalue weighted by atomic mass is 10.0. The van der Waals surface area contributed by atoms with Crippen LogP contribution in [0.4, 0.5) is 0 Å². The largest absolute Gasteiger partial charge is 0.391 e. The lowest BCUT2D eigenvalue weighted by molar-refractivity contribution is -0.131. The van der Waals surface area contributed by atoms with Gasteiger partial charge in [-0.15, -0.1) is 0 Å². The Morgan fingerprint density at radius 1 is 1.20 bits per heavy atom. The van der Waals surface area contributed by atoms with Crippen LogP contribution < -0.4 is 21.9 Å². The van der Waals surface area contributed by atoms with Gasteiger partial charge >= 0.3 is 0 Å². The highest BCUT2D eigenvalue weighted by Gasteiger charge is 2.27. The van der Waals surface area contributed by atoms with Crippen molar-refractivity contribution in [1.29, 1.82) is 0 Å². The van der Waals surface area contributed by atoms with Gasteiger partial charge < -0.3 is 20.5 Å². The van der Waals surface area contributed by atoms with Gasteiger partial charge in [-0.05, 0) is 12.5 Å². The predicted molar refractivity (Wildman–Crippen MR) is 96.7 cm³/mol. The first kappa shape index (κ1) is 21.1. The van der Waals surface area contributed by atoms with Gasteiger partial charge in [-0.2, -0.15) is 12.6 Å². The normalized spacial score (nSPS) is 15.5. The van der Waals surface area contributed by atoms with Crippen LogP contribution in [-0.2, 0) is 20.8 Å². The van der Waals surface area contributed by atoms with Crippen molar-refractivity contribution >= 4 is 30.7 Å². The summed E-state index contributed by atoms with van der Waals surface area (Å²) in [5.74, 6) is 4.37. The average Bonchev–Trinajstić information content (AvgIpc) is 2.60. The SMILES string of the molecule is C[C@@H](O)[C@@H](C=O)NC(=O)[C@H](Cc1ccccc1)NC(=O)[C@H](CS)NN. The van der Waals surface area contributed by atoms with Crippen LogP contribution >= 0.6 is 12.6 Å². The van der Waals surface area contributed by atoms with Gasteiger partial charge in [0.15, 0.2) is 0 Å². The number of aliphatic hydroxyl groups excluding tert-OH is 1. The Balaban J connectivity index is 2.91. The van der Waals surface area contributed by atoms with E-state index in [-0.39, 0.29) is 12.2 Å². The molecule has 0 aliphatic carbocycles. The van der Waals surface area contributed by atoms with E-state index in [4.69, 9.17) is 5.84 Å². The number of nitrogens with one attached hydrogen (secondary N) is 3. The second-order valence-electron chi connectivity index (χ2n) is 5.56. The first-order chi connectivity index (χ1) is 11.9. The van der Waals surface area contributed by atoms with E-state index >= 15 is 0 Å². The van der Waals surface area contributed by atoms with Crippen molar-refractivity contribution < 1.29 is 19.5 Å². The van der Waals surface area contributed by atoms with Gasteiger partial charge in [0.1, 0.15) is 24.4 Å². The molecule has 9 heteroatoms. The minimum Gasteiger partial charge on any atom is -0.391 e. The smallest absolute Gasteiger partial charge is 0.243 e. The maximum Gasteiger partial charge on any atom is 0.243 e. The summed E-state index contributed by atoms with van der Waals surface area (Å²) in [6, 6.07) is 6.33. The van der Waals surface area contributed by atoms with E-state index in [0.717, 1.165) is 5.56 Å². The van der Waals surface area contributed by atoms with Crippen LogP contribution in [0, 0.1) is 0 Å². The van der Waals surface area contributed by atoms with Crippen molar-refractivity contribution in [1.82, 2.24) is 16.1 Å². The van der Waals surface area contributed by atoms with Crippen molar-refractivity contribution in [2.75, 3.05) is 5.75 Å². The Hall–Kier alpha value is -1.94. The van der Waals surface area contributed by atoms with E-state index in [0.29, 0.717) is 6.29 Å². The first-order valence-corrected chi connectivity index (χ1v) is 8.41. The summed E-state index contributed by atoms with van der Waals surface area (Å²) in [6.07, 6.45) is -0.388. The van der Waals surface area contributed by atoms with Gasteiger partial charge in [0.2, 0.25) is 11.8 Å². The number of hydrogen-bond acceptors (Lipinski definition) is 7.